The van der Waals surface area contributed by atoms with Crippen LogP contribution in [-0.2, 0) is 26.2 Å². The first-order chi connectivity index (χ1) is 12.6. The number of hydrogen-bond donors (Lipinski definition) is 0. The number of carbonyl (C=O) groups excluding carboxylic acids is 1. The van der Waals surface area contributed by atoms with Gasteiger partial charge >= 0.3 is 0 Å². The van der Waals surface area contributed by atoms with Gasteiger partial charge in [0.2, 0.25) is 15.0 Å². The highest BCUT2D eigenvalue weighted by molar-refractivity contribution is 7.91. The molecule has 1 saturated heterocycles. The molecule has 27 heavy (non-hydrogen) atoms. The van der Waals surface area contributed by atoms with Crippen LogP contribution in [0.4, 0.5) is 0 Å². The van der Waals surface area contributed by atoms with Crippen molar-refractivity contribution in [1.82, 2.24) is 14.9 Å². The highest BCUT2D eigenvalue weighted by Gasteiger charge is 2.36. The molecule has 1 amide bonds. The molecule has 146 valence electrons. The van der Waals surface area contributed by atoms with Crippen LogP contribution in [0.15, 0.2) is 28.9 Å². The van der Waals surface area contributed by atoms with Crippen LogP contribution >= 0.6 is 22.9 Å². The number of aromatic nitrogens is 2. The molecule has 0 aliphatic carbocycles. The van der Waals surface area contributed by atoms with Gasteiger partial charge in [-0.05, 0) is 17.9 Å². The van der Waals surface area contributed by atoms with Crippen molar-refractivity contribution in [2.75, 3.05) is 17.8 Å². The molecular formula is C15H16ClN3O5S3. The second-order valence-corrected chi connectivity index (χ2v) is 11.8. The number of sulfone groups is 2. The number of nitrogens with zero attached hydrogens (tertiary/aromatic N) is 3. The van der Waals surface area contributed by atoms with Crippen LogP contribution in [-0.4, -0.2) is 61.4 Å². The molecule has 2 aromatic heterocycles. The quantitative estimate of drug-likeness (QED) is 0.634. The third kappa shape index (κ3) is 4.65. The summed E-state index contributed by atoms with van der Waals surface area (Å²) in [6, 6.07) is 3.13. The van der Waals surface area contributed by atoms with Crippen LogP contribution in [0, 0.1) is 0 Å². The Labute approximate surface area is 166 Å². The molecule has 2 aromatic rings. The Balaban J connectivity index is 2.00. The predicted octanol–water partition coefficient (Wildman–Crippen LogP) is 1.42. The van der Waals surface area contributed by atoms with E-state index >= 15 is 0 Å². The van der Waals surface area contributed by atoms with Crippen molar-refractivity contribution in [2.24, 2.45) is 0 Å². The zero-order valence-electron chi connectivity index (χ0n) is 14.2. The molecule has 3 rings (SSSR count). The van der Waals surface area contributed by atoms with E-state index in [2.05, 4.69) is 9.97 Å². The molecule has 0 aromatic carbocycles. The first kappa shape index (κ1) is 20.2. The molecule has 1 aliphatic heterocycles. The monoisotopic (exact) mass is 449 g/mol. The molecule has 0 saturated carbocycles. The SMILES string of the molecule is CS(=O)(=O)c1ncc(Cl)c(C(=O)N(Cc2cccs2)[C@@H]2CCS(=O)(=O)C2)n1. The zero-order chi connectivity index (χ0) is 19.8. The summed E-state index contributed by atoms with van der Waals surface area (Å²) in [5.41, 5.74) is -0.257. The van der Waals surface area contributed by atoms with Crippen LogP contribution < -0.4 is 0 Å². The summed E-state index contributed by atoms with van der Waals surface area (Å²) in [5.74, 6) is -0.771. The summed E-state index contributed by atoms with van der Waals surface area (Å²) in [6.07, 6.45) is 2.30. The second kappa shape index (κ2) is 7.46. The van der Waals surface area contributed by atoms with Crippen LogP contribution in [0.2, 0.25) is 5.02 Å². The van der Waals surface area contributed by atoms with Crippen molar-refractivity contribution < 1.29 is 21.6 Å². The van der Waals surface area contributed by atoms with E-state index in [0.717, 1.165) is 17.3 Å². The Morgan fingerprint density at radius 3 is 2.74 bits per heavy atom. The van der Waals surface area contributed by atoms with E-state index in [9.17, 15) is 21.6 Å². The van der Waals surface area contributed by atoms with Gasteiger partial charge in [0.1, 0.15) is 0 Å². The lowest BCUT2D eigenvalue weighted by molar-refractivity contribution is 0.0676. The molecule has 12 heteroatoms. The zero-order valence-corrected chi connectivity index (χ0v) is 17.4. The van der Waals surface area contributed by atoms with Gasteiger partial charge in [-0.25, -0.2) is 26.8 Å². The van der Waals surface area contributed by atoms with Gasteiger partial charge in [0.15, 0.2) is 15.5 Å². The molecular weight excluding hydrogens is 434 g/mol. The average molecular weight is 450 g/mol. The Morgan fingerprint density at radius 1 is 1.44 bits per heavy atom. The van der Waals surface area contributed by atoms with Crippen molar-refractivity contribution in [3.8, 4) is 0 Å². The number of hydrogen-bond acceptors (Lipinski definition) is 8. The fourth-order valence-electron chi connectivity index (χ4n) is 2.77. The highest BCUT2D eigenvalue weighted by atomic mass is 35.5. The van der Waals surface area contributed by atoms with E-state index in [1.54, 1.807) is 0 Å². The lowest BCUT2D eigenvalue weighted by atomic mass is 10.2. The lowest BCUT2D eigenvalue weighted by Gasteiger charge is -2.27. The molecule has 0 radical (unpaired) electrons. The molecule has 1 atom stereocenters. The molecule has 0 bridgehead atoms. The van der Waals surface area contributed by atoms with Gasteiger partial charge in [0, 0.05) is 17.2 Å². The highest BCUT2D eigenvalue weighted by Crippen LogP contribution is 2.25. The van der Waals surface area contributed by atoms with Crippen molar-refractivity contribution >= 4 is 48.5 Å². The maximum Gasteiger partial charge on any atom is 0.274 e. The van der Waals surface area contributed by atoms with Crippen molar-refractivity contribution in [3.63, 3.8) is 0 Å². The van der Waals surface area contributed by atoms with E-state index in [4.69, 9.17) is 11.6 Å². The van der Waals surface area contributed by atoms with Crippen LogP contribution in [0.3, 0.4) is 0 Å². The summed E-state index contributed by atoms with van der Waals surface area (Å²) < 4.78 is 47.2. The van der Waals surface area contributed by atoms with Gasteiger partial charge in [-0.1, -0.05) is 17.7 Å². The fourth-order valence-corrected chi connectivity index (χ4v) is 5.88. The summed E-state index contributed by atoms with van der Waals surface area (Å²) in [7, 11) is -6.96. The molecule has 1 aliphatic rings. The van der Waals surface area contributed by atoms with Crippen molar-refractivity contribution in [1.29, 1.82) is 0 Å². The molecule has 1 fully saturated rings. The number of thiophene rings is 1. The standard InChI is InChI=1S/C15H16ClN3O5S3/c1-26(21,22)15-17-7-12(16)13(18-15)14(20)19(8-11-3-2-5-25-11)10-4-6-27(23,24)9-10/h2-3,5,7,10H,4,6,8-9H2,1H3/t10-/m1/s1. The largest absolute Gasteiger partial charge is 0.328 e. The second-order valence-electron chi connectivity index (χ2n) is 6.19. The minimum Gasteiger partial charge on any atom is -0.328 e. The molecule has 0 unspecified atom stereocenters. The summed E-state index contributed by atoms with van der Waals surface area (Å²) >= 11 is 7.48. The maximum atomic E-state index is 13.1. The minimum absolute atomic E-state index is 0.00200. The number of rotatable bonds is 5. The van der Waals surface area contributed by atoms with Crippen LogP contribution in [0.1, 0.15) is 21.8 Å². The minimum atomic E-state index is -3.73. The first-order valence-electron chi connectivity index (χ1n) is 7.83. The number of amides is 1. The normalized spacial score (nSPS) is 19.1. The van der Waals surface area contributed by atoms with Gasteiger partial charge in [0.05, 0.1) is 29.3 Å². The Bertz CT molecular complexity index is 1070. The summed E-state index contributed by atoms with van der Waals surface area (Å²) in [5, 5.41) is 1.25. The number of carbonyl (C=O) groups is 1. The van der Waals surface area contributed by atoms with E-state index in [1.807, 2.05) is 17.5 Å². The third-order valence-corrected chi connectivity index (χ3v) is 7.82. The lowest BCUT2D eigenvalue weighted by Crippen LogP contribution is -2.41. The Kier molecular flexibility index (Phi) is 5.57. The fraction of sp³-hybridized carbons (Fsp3) is 0.400. The van der Waals surface area contributed by atoms with Gasteiger partial charge in [-0.2, -0.15) is 0 Å². The molecule has 0 spiro atoms. The first-order valence-corrected chi connectivity index (χ1v) is 12.8. The Morgan fingerprint density at radius 2 is 2.19 bits per heavy atom. The van der Waals surface area contributed by atoms with E-state index in [1.165, 1.54) is 16.2 Å². The van der Waals surface area contributed by atoms with Gasteiger partial charge in [-0.3, -0.25) is 4.79 Å². The predicted molar refractivity (Wildman–Crippen MR) is 101 cm³/mol. The average Bonchev–Trinajstić information content (AvgIpc) is 3.20. The maximum absolute atomic E-state index is 13.1. The van der Waals surface area contributed by atoms with Crippen molar-refractivity contribution in [2.45, 2.75) is 24.2 Å². The topological polar surface area (TPSA) is 114 Å². The van der Waals surface area contributed by atoms with Gasteiger partial charge in [0.25, 0.3) is 5.91 Å². The summed E-state index contributed by atoms with van der Waals surface area (Å²) in [4.78, 5) is 22.9. The van der Waals surface area contributed by atoms with Gasteiger partial charge < -0.3 is 4.90 Å². The summed E-state index contributed by atoms with van der Waals surface area (Å²) in [6.45, 7) is 0.186. The third-order valence-electron chi connectivity index (χ3n) is 4.07. The van der Waals surface area contributed by atoms with Crippen LogP contribution in [0.5, 0.6) is 0 Å². The van der Waals surface area contributed by atoms with Gasteiger partial charge in [-0.15, -0.1) is 11.3 Å². The van der Waals surface area contributed by atoms with E-state index in [0.29, 0.717) is 6.42 Å². The number of halogens is 1. The molecule has 8 nitrogen and oxygen atoms in total. The Hall–Kier alpha value is -1.56. The molecule has 3 heterocycles. The smallest absolute Gasteiger partial charge is 0.274 e. The van der Waals surface area contributed by atoms with Crippen molar-refractivity contribution in [3.05, 3.63) is 39.3 Å². The molecule has 0 N–H and O–H groups in total. The van der Waals surface area contributed by atoms with E-state index in [-0.39, 0.29) is 28.8 Å². The van der Waals surface area contributed by atoms with E-state index < -0.39 is 36.8 Å². The van der Waals surface area contributed by atoms with Crippen LogP contribution in [0.25, 0.3) is 0 Å².